The lowest BCUT2D eigenvalue weighted by Gasteiger charge is -2.40. The molecule has 1 aliphatic heterocycles. The Labute approximate surface area is 192 Å². The fourth-order valence-corrected chi connectivity index (χ4v) is 4.67. The van der Waals surface area contributed by atoms with Gasteiger partial charge in [-0.15, -0.1) is 0 Å². The molecule has 3 rings (SSSR count). The summed E-state index contributed by atoms with van der Waals surface area (Å²) < 4.78 is 5.30. The molecule has 0 spiro atoms. The fourth-order valence-electron chi connectivity index (χ4n) is 3.95. The highest BCUT2D eigenvalue weighted by atomic mass is 28.3. The van der Waals surface area contributed by atoms with Gasteiger partial charge in [-0.25, -0.2) is 4.79 Å². The maximum Gasteiger partial charge on any atom is 0.411 e. The standard InChI is InChI=1S/C25H35N3O3Si/c1-6-24(29)28-18(2)17-22(21-9-7-8-10-23(21)28)26-19-11-13-20(14-12-19)27-25(30)31-15-16-32(3,4)5/h7-14,18,22,26H,6,15-17H2,1-5H3,(H,27,30)/t18-,22+/m0/s1. The molecule has 1 aliphatic rings. The third kappa shape index (κ3) is 6.13. The number of nitrogens with zero attached hydrogens (tertiary/aromatic N) is 1. The Morgan fingerprint density at radius 1 is 1.06 bits per heavy atom. The van der Waals surface area contributed by atoms with E-state index in [2.05, 4.69) is 43.3 Å². The first-order chi connectivity index (χ1) is 15.2. The van der Waals surface area contributed by atoms with Crippen molar-refractivity contribution in [2.24, 2.45) is 0 Å². The van der Waals surface area contributed by atoms with Gasteiger partial charge in [-0.1, -0.05) is 44.8 Å². The summed E-state index contributed by atoms with van der Waals surface area (Å²) in [7, 11) is -1.22. The van der Waals surface area contributed by atoms with Gasteiger partial charge in [0.1, 0.15) is 0 Å². The molecule has 2 N–H and O–H groups in total. The van der Waals surface area contributed by atoms with E-state index in [4.69, 9.17) is 4.74 Å². The first-order valence-electron chi connectivity index (χ1n) is 11.4. The van der Waals surface area contributed by atoms with Crippen LogP contribution >= 0.6 is 0 Å². The lowest BCUT2D eigenvalue weighted by molar-refractivity contribution is -0.118. The molecule has 0 fully saturated rings. The van der Waals surface area contributed by atoms with E-state index in [1.54, 1.807) is 0 Å². The highest BCUT2D eigenvalue weighted by Gasteiger charge is 2.32. The van der Waals surface area contributed by atoms with Crippen LogP contribution < -0.4 is 15.5 Å². The van der Waals surface area contributed by atoms with Gasteiger partial charge in [-0.2, -0.15) is 0 Å². The van der Waals surface area contributed by atoms with Crippen molar-refractivity contribution in [2.45, 2.75) is 64.5 Å². The van der Waals surface area contributed by atoms with E-state index in [9.17, 15) is 9.59 Å². The number of carbonyl (C=O) groups is 2. The number of hydrogen-bond donors (Lipinski definition) is 2. The number of ether oxygens (including phenoxy) is 1. The number of nitrogens with one attached hydrogen (secondary N) is 2. The molecule has 0 radical (unpaired) electrons. The van der Waals surface area contributed by atoms with Crippen molar-refractivity contribution in [3.63, 3.8) is 0 Å². The van der Waals surface area contributed by atoms with Crippen molar-refractivity contribution in [1.82, 2.24) is 0 Å². The molecule has 2 atom stereocenters. The van der Waals surface area contributed by atoms with Crippen LogP contribution in [0, 0.1) is 0 Å². The molecule has 0 saturated heterocycles. The van der Waals surface area contributed by atoms with Crippen molar-refractivity contribution in [3.8, 4) is 0 Å². The second kappa shape index (κ2) is 10.2. The van der Waals surface area contributed by atoms with Crippen LogP contribution in [0.2, 0.25) is 25.7 Å². The van der Waals surface area contributed by atoms with Gasteiger partial charge in [0, 0.05) is 37.6 Å². The van der Waals surface area contributed by atoms with Crippen LogP contribution in [-0.4, -0.2) is 32.7 Å². The van der Waals surface area contributed by atoms with Gasteiger partial charge in [0.05, 0.1) is 12.6 Å². The number of rotatable bonds is 7. The number of amides is 2. The predicted octanol–water partition coefficient (Wildman–Crippen LogP) is 6.26. The van der Waals surface area contributed by atoms with Gasteiger partial charge < -0.3 is 15.0 Å². The molecule has 0 bridgehead atoms. The zero-order valence-electron chi connectivity index (χ0n) is 19.8. The van der Waals surface area contributed by atoms with E-state index in [1.165, 1.54) is 0 Å². The fraction of sp³-hybridized carbons (Fsp3) is 0.440. The van der Waals surface area contributed by atoms with Gasteiger partial charge in [0.25, 0.3) is 0 Å². The predicted molar refractivity (Wildman–Crippen MR) is 134 cm³/mol. The summed E-state index contributed by atoms with van der Waals surface area (Å²) in [6, 6.07) is 16.9. The number of para-hydroxylation sites is 1. The summed E-state index contributed by atoms with van der Waals surface area (Å²) >= 11 is 0. The topological polar surface area (TPSA) is 70.7 Å². The summed E-state index contributed by atoms with van der Waals surface area (Å²) in [5.41, 5.74) is 3.77. The Morgan fingerprint density at radius 2 is 1.72 bits per heavy atom. The third-order valence-electron chi connectivity index (χ3n) is 5.72. The molecule has 172 valence electrons. The molecular formula is C25H35N3O3Si. The van der Waals surface area contributed by atoms with E-state index < -0.39 is 14.2 Å². The number of hydrogen-bond acceptors (Lipinski definition) is 4. The SMILES string of the molecule is CCC(=O)N1c2ccccc2[C@H](Nc2ccc(NC(=O)OCC[Si](C)(C)C)cc2)C[C@@H]1C. The normalized spacial score (nSPS) is 18.0. The molecule has 32 heavy (non-hydrogen) atoms. The zero-order valence-corrected chi connectivity index (χ0v) is 20.8. The average molecular weight is 454 g/mol. The Bertz CT molecular complexity index is 940. The zero-order chi connectivity index (χ0) is 23.3. The lowest BCUT2D eigenvalue weighted by Crippen LogP contribution is -2.44. The van der Waals surface area contributed by atoms with E-state index in [-0.39, 0.29) is 18.0 Å². The van der Waals surface area contributed by atoms with Crippen LogP contribution in [0.4, 0.5) is 21.9 Å². The van der Waals surface area contributed by atoms with Gasteiger partial charge in [0.2, 0.25) is 5.91 Å². The first kappa shape index (κ1) is 23.9. The summed E-state index contributed by atoms with van der Waals surface area (Å²) in [6.45, 7) is 11.2. The molecule has 2 aromatic rings. The quantitative estimate of drug-likeness (QED) is 0.485. The second-order valence-corrected chi connectivity index (χ2v) is 15.2. The molecule has 0 saturated carbocycles. The van der Waals surface area contributed by atoms with Crippen molar-refractivity contribution >= 4 is 37.1 Å². The summed E-state index contributed by atoms with van der Waals surface area (Å²) in [5.74, 6) is 0.149. The molecule has 0 aliphatic carbocycles. The van der Waals surface area contributed by atoms with Gasteiger partial charge in [0.15, 0.2) is 0 Å². The third-order valence-corrected chi connectivity index (χ3v) is 7.42. The highest BCUT2D eigenvalue weighted by molar-refractivity contribution is 6.76. The first-order valence-corrected chi connectivity index (χ1v) is 15.1. The van der Waals surface area contributed by atoms with Gasteiger partial charge >= 0.3 is 6.09 Å². The van der Waals surface area contributed by atoms with Gasteiger partial charge in [-0.05, 0) is 55.3 Å². The number of carbonyl (C=O) groups excluding carboxylic acids is 2. The Kier molecular flexibility index (Phi) is 7.61. The number of fused-ring (bicyclic) bond motifs is 1. The van der Waals surface area contributed by atoms with Crippen molar-refractivity contribution in [3.05, 3.63) is 54.1 Å². The molecule has 7 heteroatoms. The minimum atomic E-state index is -1.22. The van der Waals surface area contributed by atoms with E-state index in [0.717, 1.165) is 29.4 Å². The molecule has 6 nitrogen and oxygen atoms in total. The molecule has 0 aromatic heterocycles. The highest BCUT2D eigenvalue weighted by Crippen LogP contribution is 2.39. The van der Waals surface area contributed by atoms with Crippen LogP contribution in [0.25, 0.3) is 0 Å². The van der Waals surface area contributed by atoms with Crippen molar-refractivity contribution < 1.29 is 14.3 Å². The minimum absolute atomic E-state index is 0.104. The molecule has 2 aromatic carbocycles. The molecule has 2 amide bonds. The summed E-state index contributed by atoms with van der Waals surface area (Å²) in [4.78, 5) is 26.5. The monoisotopic (exact) mass is 453 g/mol. The lowest BCUT2D eigenvalue weighted by atomic mass is 9.91. The smallest absolute Gasteiger partial charge is 0.411 e. The van der Waals surface area contributed by atoms with Crippen LogP contribution in [-0.2, 0) is 9.53 Å². The van der Waals surface area contributed by atoms with Crippen LogP contribution in [0.3, 0.4) is 0 Å². The Hall–Kier alpha value is -2.80. The van der Waals surface area contributed by atoms with E-state index in [0.29, 0.717) is 18.7 Å². The maximum atomic E-state index is 12.5. The summed E-state index contributed by atoms with van der Waals surface area (Å²) in [6.07, 6.45) is 0.900. The largest absolute Gasteiger partial charge is 0.450 e. The Balaban J connectivity index is 1.64. The van der Waals surface area contributed by atoms with E-state index >= 15 is 0 Å². The number of benzene rings is 2. The second-order valence-electron chi connectivity index (χ2n) is 9.61. The summed E-state index contributed by atoms with van der Waals surface area (Å²) in [5, 5.41) is 6.39. The molecular weight excluding hydrogens is 418 g/mol. The Morgan fingerprint density at radius 3 is 2.38 bits per heavy atom. The van der Waals surface area contributed by atoms with Gasteiger partial charge in [-0.3, -0.25) is 10.1 Å². The van der Waals surface area contributed by atoms with Crippen LogP contribution in [0.5, 0.6) is 0 Å². The van der Waals surface area contributed by atoms with E-state index in [1.807, 2.05) is 54.3 Å². The molecule has 0 unspecified atom stereocenters. The molecule has 1 heterocycles. The van der Waals surface area contributed by atoms with Crippen molar-refractivity contribution in [2.75, 3.05) is 22.1 Å². The van der Waals surface area contributed by atoms with Crippen LogP contribution in [0.1, 0.15) is 38.3 Å². The minimum Gasteiger partial charge on any atom is -0.450 e. The average Bonchev–Trinajstić information content (AvgIpc) is 2.74. The van der Waals surface area contributed by atoms with Crippen LogP contribution in [0.15, 0.2) is 48.5 Å². The van der Waals surface area contributed by atoms with Crippen molar-refractivity contribution in [1.29, 1.82) is 0 Å². The number of anilines is 3. The maximum absolute atomic E-state index is 12.5.